The van der Waals surface area contributed by atoms with Crippen LogP contribution in [-0.4, -0.2) is 27.7 Å². The van der Waals surface area contributed by atoms with E-state index in [1.54, 1.807) is 31.4 Å². The Labute approximate surface area is 177 Å². The number of rotatable bonds is 8. The molecule has 30 heavy (non-hydrogen) atoms. The van der Waals surface area contributed by atoms with E-state index in [1.807, 2.05) is 54.6 Å². The zero-order valence-electron chi connectivity index (χ0n) is 16.9. The highest BCUT2D eigenvalue weighted by atomic mass is 32.2. The normalized spacial score (nSPS) is 11.0. The number of hydrogen-bond donors (Lipinski definition) is 1. The van der Waals surface area contributed by atoms with Crippen LogP contribution in [0.1, 0.15) is 21.5 Å². The minimum absolute atomic E-state index is 0.135. The van der Waals surface area contributed by atoms with E-state index in [4.69, 9.17) is 4.74 Å². The number of methoxy groups -OCH3 is 1. The molecule has 156 valence electrons. The van der Waals surface area contributed by atoms with Crippen LogP contribution in [0.4, 0.5) is 5.69 Å². The number of nitrogens with zero attached hydrogens (tertiary/aromatic N) is 1. The third kappa shape index (κ3) is 5.18. The summed E-state index contributed by atoms with van der Waals surface area (Å²) in [5.74, 6) is 0.311. The van der Waals surface area contributed by atoms with Crippen LogP contribution in [0.5, 0.6) is 5.75 Å². The van der Waals surface area contributed by atoms with Gasteiger partial charge in [-0.3, -0.25) is 9.10 Å². The lowest BCUT2D eigenvalue weighted by atomic mass is 10.1. The number of para-hydroxylation sites is 2. The minimum atomic E-state index is -3.62. The smallest absolute Gasteiger partial charge is 0.253 e. The van der Waals surface area contributed by atoms with Crippen LogP contribution >= 0.6 is 0 Å². The molecule has 1 N–H and O–H groups in total. The average molecular weight is 425 g/mol. The standard InChI is InChI=1S/C23H24N2O4S/c1-29-22-15-9-6-12-19(22)16-24-23(26)20-13-7-8-14-21(20)25(30(2,27)28)17-18-10-4-3-5-11-18/h3-15H,16-17H2,1-2H3,(H,24,26). The van der Waals surface area contributed by atoms with E-state index in [9.17, 15) is 13.2 Å². The Bertz CT molecular complexity index is 1110. The molecule has 0 heterocycles. The van der Waals surface area contributed by atoms with E-state index in [0.29, 0.717) is 11.4 Å². The molecule has 7 heteroatoms. The molecule has 0 fully saturated rings. The molecule has 3 aromatic carbocycles. The van der Waals surface area contributed by atoms with Crippen molar-refractivity contribution < 1.29 is 17.9 Å². The Morgan fingerprint density at radius 1 is 0.933 bits per heavy atom. The average Bonchev–Trinajstić information content (AvgIpc) is 2.76. The molecule has 0 aliphatic rings. The summed E-state index contributed by atoms with van der Waals surface area (Å²) in [6, 6.07) is 23.4. The lowest BCUT2D eigenvalue weighted by Gasteiger charge is -2.25. The molecular formula is C23H24N2O4S. The van der Waals surface area contributed by atoms with E-state index in [2.05, 4.69) is 5.32 Å². The van der Waals surface area contributed by atoms with Crippen molar-refractivity contribution in [3.63, 3.8) is 0 Å². The SMILES string of the molecule is COc1ccccc1CNC(=O)c1ccccc1N(Cc1ccccc1)S(C)(=O)=O. The molecule has 0 bridgehead atoms. The number of sulfonamides is 1. The molecular weight excluding hydrogens is 400 g/mol. The second-order valence-electron chi connectivity index (χ2n) is 6.77. The number of benzene rings is 3. The topological polar surface area (TPSA) is 75.7 Å². The third-order valence-corrected chi connectivity index (χ3v) is 5.75. The molecule has 0 aliphatic carbocycles. The quantitative estimate of drug-likeness (QED) is 0.600. The maximum Gasteiger partial charge on any atom is 0.253 e. The molecule has 3 rings (SSSR count). The maximum absolute atomic E-state index is 12.9. The summed E-state index contributed by atoms with van der Waals surface area (Å²) in [4.78, 5) is 12.9. The summed E-state index contributed by atoms with van der Waals surface area (Å²) in [6.07, 6.45) is 1.14. The molecule has 3 aromatic rings. The van der Waals surface area contributed by atoms with Gasteiger partial charge in [0.2, 0.25) is 10.0 Å². The van der Waals surface area contributed by atoms with E-state index in [-0.39, 0.29) is 24.6 Å². The fourth-order valence-corrected chi connectivity index (χ4v) is 4.03. The van der Waals surface area contributed by atoms with Crippen molar-refractivity contribution in [2.75, 3.05) is 17.7 Å². The number of hydrogen-bond acceptors (Lipinski definition) is 4. The number of carbonyl (C=O) groups excluding carboxylic acids is 1. The summed E-state index contributed by atoms with van der Waals surface area (Å²) in [5.41, 5.74) is 2.28. The Morgan fingerprint density at radius 3 is 2.27 bits per heavy atom. The van der Waals surface area contributed by atoms with Crippen LogP contribution in [0.25, 0.3) is 0 Å². The maximum atomic E-state index is 12.9. The van der Waals surface area contributed by atoms with Gasteiger partial charge in [0.25, 0.3) is 5.91 Å². The van der Waals surface area contributed by atoms with Crippen LogP contribution in [-0.2, 0) is 23.1 Å². The van der Waals surface area contributed by atoms with Gasteiger partial charge in [-0.25, -0.2) is 8.42 Å². The van der Waals surface area contributed by atoms with Gasteiger partial charge in [0, 0.05) is 12.1 Å². The first-order chi connectivity index (χ1) is 14.4. The van der Waals surface area contributed by atoms with Gasteiger partial charge in [0.1, 0.15) is 5.75 Å². The molecule has 0 atom stereocenters. The van der Waals surface area contributed by atoms with Crippen molar-refractivity contribution in [3.05, 3.63) is 95.6 Å². The molecule has 0 saturated heterocycles. The van der Waals surface area contributed by atoms with Crippen molar-refractivity contribution in [1.82, 2.24) is 5.32 Å². The summed E-state index contributed by atoms with van der Waals surface area (Å²) in [5, 5.41) is 2.86. The second-order valence-corrected chi connectivity index (χ2v) is 8.67. The first kappa shape index (κ1) is 21.4. The molecule has 0 radical (unpaired) electrons. The summed E-state index contributed by atoms with van der Waals surface area (Å²) < 4.78 is 31.7. The highest BCUT2D eigenvalue weighted by Gasteiger charge is 2.23. The fraction of sp³-hybridized carbons (Fsp3) is 0.174. The highest BCUT2D eigenvalue weighted by molar-refractivity contribution is 7.92. The minimum Gasteiger partial charge on any atom is -0.496 e. The summed E-state index contributed by atoms with van der Waals surface area (Å²) in [6.45, 7) is 0.394. The molecule has 1 amide bonds. The molecule has 0 aliphatic heterocycles. The van der Waals surface area contributed by atoms with Crippen LogP contribution < -0.4 is 14.4 Å². The van der Waals surface area contributed by atoms with Crippen LogP contribution in [0.15, 0.2) is 78.9 Å². The predicted molar refractivity (Wildman–Crippen MR) is 118 cm³/mol. The van der Waals surface area contributed by atoms with Gasteiger partial charge < -0.3 is 10.1 Å². The van der Waals surface area contributed by atoms with Gasteiger partial charge in [-0.15, -0.1) is 0 Å². The zero-order chi connectivity index (χ0) is 21.6. The van der Waals surface area contributed by atoms with Crippen molar-refractivity contribution in [2.45, 2.75) is 13.1 Å². The molecule has 0 spiro atoms. The van der Waals surface area contributed by atoms with Crippen LogP contribution in [0, 0.1) is 0 Å². The Morgan fingerprint density at radius 2 is 1.57 bits per heavy atom. The number of nitrogens with one attached hydrogen (secondary N) is 1. The zero-order valence-corrected chi connectivity index (χ0v) is 17.7. The van der Waals surface area contributed by atoms with E-state index in [0.717, 1.165) is 17.4 Å². The van der Waals surface area contributed by atoms with E-state index < -0.39 is 10.0 Å². The third-order valence-electron chi connectivity index (χ3n) is 4.62. The lowest BCUT2D eigenvalue weighted by Crippen LogP contribution is -2.32. The first-order valence-corrected chi connectivity index (χ1v) is 11.3. The van der Waals surface area contributed by atoms with Crippen molar-refractivity contribution in [2.24, 2.45) is 0 Å². The van der Waals surface area contributed by atoms with Crippen molar-refractivity contribution >= 4 is 21.6 Å². The molecule has 0 unspecified atom stereocenters. The summed E-state index contributed by atoms with van der Waals surface area (Å²) in [7, 11) is -2.04. The van der Waals surface area contributed by atoms with Gasteiger partial charge in [-0.05, 0) is 23.8 Å². The molecule has 6 nitrogen and oxygen atoms in total. The van der Waals surface area contributed by atoms with Gasteiger partial charge >= 0.3 is 0 Å². The number of carbonyl (C=O) groups is 1. The predicted octanol–water partition coefficient (Wildman–Crippen LogP) is 3.59. The van der Waals surface area contributed by atoms with Crippen LogP contribution in [0.2, 0.25) is 0 Å². The largest absolute Gasteiger partial charge is 0.496 e. The van der Waals surface area contributed by atoms with Gasteiger partial charge in [-0.1, -0.05) is 60.7 Å². The lowest BCUT2D eigenvalue weighted by molar-refractivity contribution is 0.0951. The number of amides is 1. The van der Waals surface area contributed by atoms with E-state index >= 15 is 0 Å². The summed E-state index contributed by atoms with van der Waals surface area (Å²) >= 11 is 0. The fourth-order valence-electron chi connectivity index (χ4n) is 3.13. The van der Waals surface area contributed by atoms with Crippen molar-refractivity contribution in [1.29, 1.82) is 0 Å². The number of ether oxygens (including phenoxy) is 1. The van der Waals surface area contributed by atoms with Gasteiger partial charge in [0.05, 0.1) is 31.2 Å². The highest BCUT2D eigenvalue weighted by Crippen LogP contribution is 2.25. The van der Waals surface area contributed by atoms with Gasteiger partial charge in [-0.2, -0.15) is 0 Å². The molecule has 0 saturated carbocycles. The first-order valence-electron chi connectivity index (χ1n) is 9.41. The molecule has 0 aromatic heterocycles. The monoisotopic (exact) mass is 424 g/mol. The Kier molecular flexibility index (Phi) is 6.74. The van der Waals surface area contributed by atoms with Crippen molar-refractivity contribution in [3.8, 4) is 5.75 Å². The second kappa shape index (κ2) is 9.45. The van der Waals surface area contributed by atoms with E-state index in [1.165, 1.54) is 4.31 Å². The number of anilines is 1. The Balaban J connectivity index is 1.88. The van der Waals surface area contributed by atoms with Gasteiger partial charge in [0.15, 0.2) is 0 Å². The van der Waals surface area contributed by atoms with Crippen LogP contribution in [0.3, 0.4) is 0 Å². The Hall–Kier alpha value is -3.32.